The van der Waals surface area contributed by atoms with E-state index in [1.165, 1.54) is 0 Å². The third kappa shape index (κ3) is 2.46. The first-order valence-electron chi connectivity index (χ1n) is 8.53. The monoisotopic (exact) mass is 411 g/mol. The zero-order chi connectivity index (χ0) is 19.6. The molecular weight excluding hydrogens is 398 g/mol. The molecule has 2 aromatic heterocycles. The summed E-state index contributed by atoms with van der Waals surface area (Å²) in [5.74, 6) is -0.692. The van der Waals surface area contributed by atoms with Crippen LogP contribution >= 0.6 is 11.3 Å². The first kappa shape index (κ1) is 17.3. The fourth-order valence-corrected chi connectivity index (χ4v) is 5.35. The van der Waals surface area contributed by atoms with Gasteiger partial charge in [0.25, 0.3) is 21.2 Å². The van der Waals surface area contributed by atoms with E-state index in [-0.39, 0.29) is 0 Å². The summed E-state index contributed by atoms with van der Waals surface area (Å²) in [6, 6.07) is 15.1. The number of rotatable bonds is 3. The maximum Gasteiger partial charge on any atom is 0.266 e. The molecule has 0 fully saturated rings. The van der Waals surface area contributed by atoms with Gasteiger partial charge in [0, 0.05) is 37.5 Å². The largest absolute Gasteiger partial charge is 0.285 e. The van der Waals surface area contributed by atoms with Crippen LogP contribution in [0, 0.1) is 0 Å². The predicted molar refractivity (Wildman–Crippen MR) is 112 cm³/mol. The molecule has 3 aromatic carbocycles. The van der Waals surface area contributed by atoms with E-state index < -0.39 is 33.5 Å². The zero-order valence-corrected chi connectivity index (χ0v) is 16.0. The molecule has 0 saturated carbocycles. The second-order valence-electron chi connectivity index (χ2n) is 6.67. The van der Waals surface area contributed by atoms with Gasteiger partial charge in [0.05, 0.1) is 5.75 Å². The molecule has 0 saturated heterocycles. The van der Waals surface area contributed by atoms with Crippen LogP contribution in [0.15, 0.2) is 58.1 Å². The molecule has 0 radical (unpaired) electrons. The highest BCUT2D eigenvalue weighted by Gasteiger charge is 2.18. The molecule has 140 valence electrons. The fraction of sp³-hybridized carbons (Fsp3) is 0.100. The van der Waals surface area contributed by atoms with Crippen molar-refractivity contribution in [2.24, 2.45) is 0 Å². The molecule has 0 aliphatic carbocycles. The van der Waals surface area contributed by atoms with Gasteiger partial charge in [-0.1, -0.05) is 24.3 Å². The molecule has 5 aromatic rings. The molecule has 1 N–H and O–H groups in total. The van der Waals surface area contributed by atoms with E-state index in [4.69, 9.17) is 4.55 Å². The zero-order valence-electron chi connectivity index (χ0n) is 14.4. The van der Waals surface area contributed by atoms with Crippen molar-refractivity contribution in [1.82, 2.24) is 4.57 Å². The van der Waals surface area contributed by atoms with Crippen molar-refractivity contribution in [1.29, 1.82) is 0 Å². The van der Waals surface area contributed by atoms with E-state index in [2.05, 4.69) is 0 Å². The second-order valence-corrected chi connectivity index (χ2v) is 9.32. The quantitative estimate of drug-likeness (QED) is 0.280. The molecule has 0 aliphatic heterocycles. The van der Waals surface area contributed by atoms with Gasteiger partial charge < -0.3 is 0 Å². The van der Waals surface area contributed by atoms with E-state index in [0.717, 1.165) is 30.1 Å². The summed E-state index contributed by atoms with van der Waals surface area (Å²) in [7, 11) is -4.29. The lowest BCUT2D eigenvalue weighted by Crippen LogP contribution is -2.35. The molecule has 0 unspecified atom stereocenters. The average molecular weight is 411 g/mol. The lowest BCUT2D eigenvalue weighted by atomic mass is 9.98. The number of hydrogen-bond donors (Lipinski definition) is 1. The first-order valence-corrected chi connectivity index (χ1v) is 11.0. The van der Waals surface area contributed by atoms with Gasteiger partial charge >= 0.3 is 0 Å². The summed E-state index contributed by atoms with van der Waals surface area (Å²) in [4.78, 5) is 25.9. The lowest BCUT2D eigenvalue weighted by Gasteiger charge is -2.13. The van der Waals surface area contributed by atoms with Gasteiger partial charge in [0.2, 0.25) is 0 Å². The molecule has 5 rings (SSSR count). The molecule has 0 spiro atoms. The van der Waals surface area contributed by atoms with Crippen LogP contribution in [-0.4, -0.2) is 23.3 Å². The van der Waals surface area contributed by atoms with Crippen molar-refractivity contribution in [2.75, 3.05) is 5.75 Å². The Balaban J connectivity index is 1.95. The van der Waals surface area contributed by atoms with Crippen LogP contribution in [0.5, 0.6) is 0 Å². The van der Waals surface area contributed by atoms with Crippen LogP contribution in [0.3, 0.4) is 0 Å². The predicted octanol–water partition coefficient (Wildman–Crippen LogP) is 3.21. The Bertz CT molecular complexity index is 1600. The van der Waals surface area contributed by atoms with Crippen molar-refractivity contribution >= 4 is 63.2 Å². The minimum absolute atomic E-state index is 0.366. The Hall–Kier alpha value is -2.81. The Kier molecular flexibility index (Phi) is 3.61. The van der Waals surface area contributed by atoms with Gasteiger partial charge in [0.15, 0.2) is 0 Å². The SMILES string of the molecule is O=c1c2ccc3sc4ccccc4c4ccc(c(=O)n1CCS(=O)(=O)O)c2c34. The Morgan fingerprint density at radius 3 is 2.14 bits per heavy atom. The van der Waals surface area contributed by atoms with Gasteiger partial charge in [-0.3, -0.25) is 18.7 Å². The fourth-order valence-electron chi connectivity index (χ4n) is 3.82. The highest BCUT2D eigenvalue weighted by Crippen LogP contribution is 2.39. The average Bonchev–Trinajstić information content (AvgIpc) is 2.66. The summed E-state index contributed by atoms with van der Waals surface area (Å²) in [6.07, 6.45) is 0. The number of aromatic nitrogens is 1. The minimum atomic E-state index is -4.29. The van der Waals surface area contributed by atoms with Crippen molar-refractivity contribution < 1.29 is 13.0 Å². The molecule has 0 amide bonds. The Morgan fingerprint density at radius 1 is 0.786 bits per heavy atom. The van der Waals surface area contributed by atoms with Gasteiger partial charge in [-0.25, -0.2) is 0 Å². The molecule has 28 heavy (non-hydrogen) atoms. The molecule has 0 aliphatic rings. The summed E-state index contributed by atoms with van der Waals surface area (Å²) in [5, 5.41) is 4.23. The van der Waals surface area contributed by atoms with Gasteiger partial charge in [-0.2, -0.15) is 8.42 Å². The number of pyridine rings is 1. The van der Waals surface area contributed by atoms with E-state index in [1.54, 1.807) is 23.5 Å². The van der Waals surface area contributed by atoms with E-state index in [9.17, 15) is 18.0 Å². The van der Waals surface area contributed by atoms with Crippen molar-refractivity contribution in [2.45, 2.75) is 6.54 Å². The van der Waals surface area contributed by atoms with E-state index in [1.807, 2.05) is 36.4 Å². The van der Waals surface area contributed by atoms with Gasteiger partial charge in [-0.05, 0) is 35.0 Å². The maximum absolute atomic E-state index is 12.9. The standard InChI is InChI=1S/C20H13NO5S2/c22-19-13-6-5-12-11-3-1-2-4-15(11)27-16-8-7-14(17(13)18(12)16)20(23)21(19)9-10-28(24,25)26/h1-8H,9-10H2,(H,24,25,26). The number of nitrogens with zero attached hydrogens (tertiary/aromatic N) is 1. The lowest BCUT2D eigenvalue weighted by molar-refractivity contribution is 0.477. The number of fused-ring (bicyclic) bond motifs is 2. The Labute approximate surface area is 162 Å². The van der Waals surface area contributed by atoms with Crippen molar-refractivity contribution in [3.63, 3.8) is 0 Å². The highest BCUT2D eigenvalue weighted by molar-refractivity contribution is 7.85. The van der Waals surface area contributed by atoms with Crippen molar-refractivity contribution in [3.8, 4) is 0 Å². The Morgan fingerprint density at radius 2 is 1.43 bits per heavy atom. The highest BCUT2D eigenvalue weighted by atomic mass is 32.2. The van der Waals surface area contributed by atoms with Crippen molar-refractivity contribution in [3.05, 3.63) is 69.2 Å². The topological polar surface area (TPSA) is 93.4 Å². The number of hydrogen-bond acceptors (Lipinski definition) is 5. The van der Waals surface area contributed by atoms with E-state index in [0.29, 0.717) is 16.2 Å². The van der Waals surface area contributed by atoms with Gasteiger partial charge in [-0.15, -0.1) is 11.3 Å². The summed E-state index contributed by atoms with van der Waals surface area (Å²) in [6.45, 7) is -0.390. The van der Waals surface area contributed by atoms with Gasteiger partial charge in [0.1, 0.15) is 0 Å². The number of benzene rings is 3. The van der Waals surface area contributed by atoms with Crippen LogP contribution in [0.2, 0.25) is 0 Å². The summed E-state index contributed by atoms with van der Waals surface area (Å²) < 4.78 is 34.1. The molecule has 0 atom stereocenters. The van der Waals surface area contributed by atoms with Crippen LogP contribution in [0.4, 0.5) is 0 Å². The summed E-state index contributed by atoms with van der Waals surface area (Å²) >= 11 is 1.60. The molecule has 2 heterocycles. The second kappa shape index (κ2) is 5.84. The molecule has 8 heteroatoms. The van der Waals surface area contributed by atoms with E-state index >= 15 is 0 Å². The normalized spacial score (nSPS) is 12.6. The van der Waals surface area contributed by atoms with Crippen LogP contribution in [0.1, 0.15) is 0 Å². The van der Waals surface area contributed by atoms with Crippen LogP contribution in [-0.2, 0) is 16.7 Å². The maximum atomic E-state index is 12.9. The molecular formula is C20H13NO5S2. The smallest absolute Gasteiger partial charge is 0.266 e. The molecule has 6 nitrogen and oxygen atoms in total. The van der Waals surface area contributed by atoms with Crippen LogP contribution < -0.4 is 11.1 Å². The first-order chi connectivity index (χ1) is 13.3. The van der Waals surface area contributed by atoms with Crippen LogP contribution in [0.25, 0.3) is 41.7 Å². The minimum Gasteiger partial charge on any atom is -0.285 e. The molecule has 0 bridgehead atoms. The third-order valence-corrected chi connectivity index (χ3v) is 6.88. The summed E-state index contributed by atoms with van der Waals surface area (Å²) in [5.41, 5.74) is -1.09. The third-order valence-electron chi connectivity index (χ3n) is 5.04.